The van der Waals surface area contributed by atoms with Gasteiger partial charge >= 0.3 is 5.69 Å². The molecule has 2 N–H and O–H groups in total. The molecule has 0 aromatic heterocycles. The van der Waals surface area contributed by atoms with E-state index in [1.807, 2.05) is 0 Å². The van der Waals surface area contributed by atoms with Crippen molar-refractivity contribution in [2.24, 2.45) is 0 Å². The summed E-state index contributed by atoms with van der Waals surface area (Å²) in [5.74, 6) is -0.818. The summed E-state index contributed by atoms with van der Waals surface area (Å²) < 4.78 is 47.7. The van der Waals surface area contributed by atoms with Gasteiger partial charge in [-0.05, 0) is 18.6 Å². The lowest BCUT2D eigenvalue weighted by Gasteiger charge is -2.06. The van der Waals surface area contributed by atoms with Crippen LogP contribution < -0.4 is 4.72 Å². The lowest BCUT2D eigenvalue weighted by molar-refractivity contribution is -0.386. The Morgan fingerprint density at radius 2 is 1.90 bits per heavy atom. The molecule has 21 heavy (non-hydrogen) atoms. The van der Waals surface area contributed by atoms with E-state index in [-0.39, 0.29) is 23.6 Å². The van der Waals surface area contributed by atoms with Gasteiger partial charge in [-0.15, -0.1) is 0 Å². The quantitative estimate of drug-likeness (QED) is 0.405. The topological polar surface area (TPSA) is 144 Å². The second-order valence-electron chi connectivity index (χ2n) is 4.29. The van der Waals surface area contributed by atoms with Crippen molar-refractivity contribution < 1.29 is 26.9 Å². The number of phenols is 1. The minimum absolute atomic E-state index is 0.0816. The van der Waals surface area contributed by atoms with Gasteiger partial charge in [0.1, 0.15) is 9.84 Å². The fourth-order valence-electron chi connectivity index (χ4n) is 1.44. The lowest BCUT2D eigenvalue weighted by Crippen LogP contribution is -2.26. The van der Waals surface area contributed by atoms with Crippen LogP contribution in [0.25, 0.3) is 0 Å². The Kier molecular flexibility index (Phi) is 5.25. The fourth-order valence-corrected chi connectivity index (χ4v) is 3.20. The number of rotatable bonds is 7. The van der Waals surface area contributed by atoms with Crippen molar-refractivity contribution in [3.63, 3.8) is 0 Å². The summed E-state index contributed by atoms with van der Waals surface area (Å²) in [6.45, 7) is -0.121. The number of nitrogens with one attached hydrogen (secondary N) is 1. The molecular weight excluding hydrogens is 324 g/mol. The highest BCUT2D eigenvalue weighted by Gasteiger charge is 2.20. The summed E-state index contributed by atoms with van der Waals surface area (Å²) in [6, 6.07) is 2.65. The molecule has 0 saturated heterocycles. The number of aromatic hydroxyl groups is 1. The van der Waals surface area contributed by atoms with E-state index < -0.39 is 36.2 Å². The molecule has 0 heterocycles. The van der Waals surface area contributed by atoms with Gasteiger partial charge in [-0.2, -0.15) is 0 Å². The molecule has 1 aromatic rings. The standard InChI is InChI=1S/C10H14N2O7S2/c1-20(16,17)6-2-5-11-21(18,19)8-3-4-10(13)9(7-8)12(14)15/h3-4,7,11,13H,2,5-6H2,1H3. The molecule has 0 aliphatic heterocycles. The van der Waals surface area contributed by atoms with E-state index in [1.165, 1.54) is 0 Å². The average molecular weight is 338 g/mol. The van der Waals surface area contributed by atoms with E-state index in [0.717, 1.165) is 24.5 Å². The maximum Gasteiger partial charge on any atom is 0.312 e. The summed E-state index contributed by atoms with van der Waals surface area (Å²) in [5, 5.41) is 19.9. The van der Waals surface area contributed by atoms with Gasteiger partial charge in [0.15, 0.2) is 5.75 Å². The molecule has 118 valence electrons. The van der Waals surface area contributed by atoms with Gasteiger partial charge < -0.3 is 5.11 Å². The number of hydrogen-bond donors (Lipinski definition) is 2. The molecule has 0 fully saturated rings. The number of phenolic OH excluding ortho intramolecular Hbond substituents is 1. The number of sulfonamides is 1. The Labute approximate surface area is 121 Å². The summed E-state index contributed by atoms with van der Waals surface area (Å²) in [5.41, 5.74) is -0.728. The fraction of sp³-hybridized carbons (Fsp3) is 0.400. The minimum atomic E-state index is -4.01. The van der Waals surface area contributed by atoms with E-state index in [0.29, 0.717) is 0 Å². The molecule has 0 bridgehead atoms. The van der Waals surface area contributed by atoms with Crippen molar-refractivity contribution >= 4 is 25.5 Å². The minimum Gasteiger partial charge on any atom is -0.502 e. The predicted octanol–water partition coefficient (Wildman–Crippen LogP) is 0.0134. The molecule has 0 aliphatic carbocycles. The Balaban J connectivity index is 2.84. The van der Waals surface area contributed by atoms with Crippen LogP contribution in [0.1, 0.15) is 6.42 Å². The van der Waals surface area contributed by atoms with E-state index in [9.17, 15) is 32.1 Å². The van der Waals surface area contributed by atoms with Crippen LogP contribution in [0, 0.1) is 10.1 Å². The largest absolute Gasteiger partial charge is 0.502 e. The molecule has 0 amide bonds. The summed E-state index contributed by atoms with van der Waals surface area (Å²) >= 11 is 0. The zero-order valence-electron chi connectivity index (χ0n) is 11.0. The average Bonchev–Trinajstić information content (AvgIpc) is 2.33. The highest BCUT2D eigenvalue weighted by Crippen LogP contribution is 2.28. The number of hydrogen-bond acceptors (Lipinski definition) is 7. The van der Waals surface area contributed by atoms with E-state index in [1.54, 1.807) is 0 Å². The number of nitro groups is 1. The van der Waals surface area contributed by atoms with Crippen LogP contribution in [0.4, 0.5) is 5.69 Å². The smallest absolute Gasteiger partial charge is 0.312 e. The zero-order chi connectivity index (χ0) is 16.3. The van der Waals surface area contributed by atoms with Gasteiger partial charge in [-0.25, -0.2) is 21.6 Å². The van der Waals surface area contributed by atoms with E-state index in [2.05, 4.69) is 4.72 Å². The highest BCUT2D eigenvalue weighted by atomic mass is 32.2. The maximum absolute atomic E-state index is 11.9. The third-order valence-corrected chi connectivity index (χ3v) is 4.93. The van der Waals surface area contributed by atoms with Gasteiger partial charge in [0, 0.05) is 18.9 Å². The predicted molar refractivity (Wildman–Crippen MR) is 74.3 cm³/mol. The van der Waals surface area contributed by atoms with Crippen LogP contribution in [0.5, 0.6) is 5.75 Å². The monoisotopic (exact) mass is 338 g/mol. The van der Waals surface area contributed by atoms with Crippen LogP contribution in [-0.2, 0) is 19.9 Å². The summed E-state index contributed by atoms with van der Waals surface area (Å²) in [7, 11) is -7.20. The molecular formula is C10H14N2O7S2. The van der Waals surface area contributed by atoms with Crippen LogP contribution in [0.3, 0.4) is 0 Å². The lowest BCUT2D eigenvalue weighted by atomic mass is 10.3. The van der Waals surface area contributed by atoms with Crippen molar-refractivity contribution in [3.8, 4) is 5.75 Å². The van der Waals surface area contributed by atoms with Crippen molar-refractivity contribution in [3.05, 3.63) is 28.3 Å². The molecule has 1 rings (SSSR count). The van der Waals surface area contributed by atoms with Crippen molar-refractivity contribution in [2.75, 3.05) is 18.6 Å². The third kappa shape index (κ3) is 5.28. The van der Waals surface area contributed by atoms with Gasteiger partial charge in [-0.1, -0.05) is 0 Å². The molecule has 0 aliphatic rings. The molecule has 1 aromatic carbocycles. The zero-order valence-corrected chi connectivity index (χ0v) is 12.6. The molecule has 0 unspecified atom stereocenters. The first kappa shape index (κ1) is 17.3. The third-order valence-electron chi connectivity index (χ3n) is 2.44. The van der Waals surface area contributed by atoms with E-state index >= 15 is 0 Å². The van der Waals surface area contributed by atoms with Gasteiger partial charge in [0.2, 0.25) is 10.0 Å². The number of benzene rings is 1. The Hall–Kier alpha value is -1.72. The molecule has 0 saturated carbocycles. The number of nitro benzene ring substituents is 1. The molecule has 9 nitrogen and oxygen atoms in total. The molecule has 0 atom stereocenters. The van der Waals surface area contributed by atoms with Crippen LogP contribution in [0.2, 0.25) is 0 Å². The Bertz CT molecular complexity index is 741. The molecule has 0 radical (unpaired) electrons. The maximum atomic E-state index is 11.9. The summed E-state index contributed by atoms with van der Waals surface area (Å²) in [4.78, 5) is 9.35. The SMILES string of the molecule is CS(=O)(=O)CCCNS(=O)(=O)c1ccc(O)c([N+](=O)[O-])c1. The first-order chi connectivity index (χ1) is 9.53. The first-order valence-electron chi connectivity index (χ1n) is 5.68. The Morgan fingerprint density at radius 3 is 2.43 bits per heavy atom. The van der Waals surface area contributed by atoms with E-state index in [4.69, 9.17) is 0 Å². The second-order valence-corrected chi connectivity index (χ2v) is 8.32. The highest BCUT2D eigenvalue weighted by molar-refractivity contribution is 7.90. The summed E-state index contributed by atoms with van der Waals surface area (Å²) in [6.07, 6.45) is 1.11. The van der Waals surface area contributed by atoms with Gasteiger partial charge in [-0.3, -0.25) is 10.1 Å². The second kappa shape index (κ2) is 6.37. The van der Waals surface area contributed by atoms with Crippen molar-refractivity contribution in [1.82, 2.24) is 4.72 Å². The first-order valence-corrected chi connectivity index (χ1v) is 9.22. The van der Waals surface area contributed by atoms with Gasteiger partial charge in [0.05, 0.1) is 15.6 Å². The van der Waals surface area contributed by atoms with Crippen molar-refractivity contribution in [1.29, 1.82) is 0 Å². The number of nitrogens with zero attached hydrogens (tertiary/aromatic N) is 1. The van der Waals surface area contributed by atoms with Crippen molar-refractivity contribution in [2.45, 2.75) is 11.3 Å². The molecule has 11 heteroatoms. The van der Waals surface area contributed by atoms with Gasteiger partial charge in [0.25, 0.3) is 0 Å². The van der Waals surface area contributed by atoms with Crippen LogP contribution in [0.15, 0.2) is 23.1 Å². The molecule has 0 spiro atoms. The normalized spacial score (nSPS) is 12.2. The van der Waals surface area contributed by atoms with Crippen LogP contribution >= 0.6 is 0 Å². The number of sulfone groups is 1. The Morgan fingerprint density at radius 1 is 1.29 bits per heavy atom. The van der Waals surface area contributed by atoms with Crippen LogP contribution in [-0.4, -0.2) is 45.4 Å².